The third-order valence-electron chi connectivity index (χ3n) is 2.61. The Balaban J connectivity index is 2.59. The lowest BCUT2D eigenvalue weighted by atomic mass is 10.2. The number of rotatable bonds is 9. The molecule has 0 spiro atoms. The van der Waals surface area contributed by atoms with Crippen molar-refractivity contribution in [3.05, 3.63) is 12.2 Å². The van der Waals surface area contributed by atoms with Gasteiger partial charge in [0.2, 0.25) is 0 Å². The van der Waals surface area contributed by atoms with Crippen LogP contribution in [0.3, 0.4) is 0 Å². The molecule has 18 heavy (non-hydrogen) atoms. The highest BCUT2D eigenvalue weighted by molar-refractivity contribution is 9.09. The molecule has 0 N–H and O–H groups in total. The molecule has 1 rings (SSSR count). The molecule has 0 radical (unpaired) electrons. The van der Waals surface area contributed by atoms with Crippen molar-refractivity contribution in [1.29, 1.82) is 0 Å². The molecule has 0 amide bonds. The second kappa shape index (κ2) is 8.61. The van der Waals surface area contributed by atoms with Crippen molar-refractivity contribution >= 4 is 15.9 Å². The van der Waals surface area contributed by atoms with E-state index >= 15 is 0 Å². The van der Waals surface area contributed by atoms with Crippen LogP contribution in [-0.4, -0.2) is 51.8 Å². The molecule has 0 saturated carbocycles. The summed E-state index contributed by atoms with van der Waals surface area (Å²) >= 11 is 3.48. The van der Waals surface area contributed by atoms with Crippen molar-refractivity contribution in [1.82, 2.24) is 19.7 Å². The van der Waals surface area contributed by atoms with E-state index in [0.717, 1.165) is 43.9 Å². The van der Waals surface area contributed by atoms with Crippen molar-refractivity contribution < 1.29 is 4.74 Å². The molecule has 0 atom stereocenters. The SMILES string of the molecule is COCCN(CCBr)Cc1ncnn1CC(C)C. The van der Waals surface area contributed by atoms with E-state index in [1.54, 1.807) is 13.4 Å². The normalized spacial score (nSPS) is 11.7. The maximum atomic E-state index is 5.13. The number of hydrogen-bond acceptors (Lipinski definition) is 4. The fraction of sp³-hybridized carbons (Fsp3) is 0.833. The number of methoxy groups -OCH3 is 1. The minimum absolute atomic E-state index is 0.578. The lowest BCUT2D eigenvalue weighted by molar-refractivity contribution is 0.145. The van der Waals surface area contributed by atoms with E-state index in [-0.39, 0.29) is 0 Å². The van der Waals surface area contributed by atoms with Gasteiger partial charge in [-0.25, -0.2) is 9.67 Å². The van der Waals surface area contributed by atoms with Gasteiger partial charge in [0.15, 0.2) is 0 Å². The third-order valence-corrected chi connectivity index (χ3v) is 2.97. The molecule has 104 valence electrons. The molecule has 0 bridgehead atoms. The van der Waals surface area contributed by atoms with Gasteiger partial charge in [0.25, 0.3) is 0 Å². The third kappa shape index (κ3) is 5.46. The van der Waals surface area contributed by atoms with Crippen LogP contribution in [0, 0.1) is 5.92 Å². The van der Waals surface area contributed by atoms with Gasteiger partial charge in [-0.3, -0.25) is 4.90 Å². The summed E-state index contributed by atoms with van der Waals surface area (Å²) in [7, 11) is 1.73. The number of nitrogens with zero attached hydrogens (tertiary/aromatic N) is 4. The fourth-order valence-corrected chi connectivity index (χ4v) is 2.22. The van der Waals surface area contributed by atoms with Crippen LogP contribution in [0.2, 0.25) is 0 Å². The van der Waals surface area contributed by atoms with Crippen LogP contribution in [0.5, 0.6) is 0 Å². The van der Waals surface area contributed by atoms with Crippen LogP contribution in [0.4, 0.5) is 0 Å². The Morgan fingerprint density at radius 1 is 1.44 bits per heavy atom. The number of halogens is 1. The van der Waals surface area contributed by atoms with Crippen LogP contribution < -0.4 is 0 Å². The molecule has 0 aliphatic heterocycles. The largest absolute Gasteiger partial charge is 0.383 e. The molecule has 6 heteroatoms. The Morgan fingerprint density at radius 2 is 2.22 bits per heavy atom. The van der Waals surface area contributed by atoms with Crippen LogP contribution in [0.25, 0.3) is 0 Å². The van der Waals surface area contributed by atoms with Gasteiger partial charge in [-0.15, -0.1) is 0 Å². The molecule has 0 aromatic carbocycles. The molecular formula is C12H23BrN4O. The summed E-state index contributed by atoms with van der Waals surface area (Å²) < 4.78 is 7.13. The smallest absolute Gasteiger partial charge is 0.141 e. The summed E-state index contributed by atoms with van der Waals surface area (Å²) in [5.41, 5.74) is 0. The van der Waals surface area contributed by atoms with E-state index in [0.29, 0.717) is 5.92 Å². The predicted molar refractivity (Wildman–Crippen MR) is 75.8 cm³/mol. The molecule has 1 aromatic heterocycles. The number of aromatic nitrogens is 3. The highest BCUT2D eigenvalue weighted by Crippen LogP contribution is 2.05. The maximum Gasteiger partial charge on any atom is 0.141 e. The fourth-order valence-electron chi connectivity index (χ4n) is 1.72. The molecule has 0 fully saturated rings. The average Bonchev–Trinajstić information content (AvgIpc) is 2.73. The summed E-state index contributed by atoms with van der Waals surface area (Å²) in [4.78, 5) is 6.67. The lowest BCUT2D eigenvalue weighted by Gasteiger charge is -2.20. The van der Waals surface area contributed by atoms with Gasteiger partial charge in [0, 0.05) is 32.1 Å². The maximum absolute atomic E-state index is 5.13. The predicted octanol–water partition coefficient (Wildman–Crippen LogP) is 1.78. The first kappa shape index (κ1) is 15.6. The Labute approximate surface area is 118 Å². The van der Waals surface area contributed by atoms with Crippen molar-refractivity contribution in [3.8, 4) is 0 Å². The highest BCUT2D eigenvalue weighted by atomic mass is 79.9. The average molecular weight is 319 g/mol. The molecule has 0 saturated heterocycles. The van der Waals surface area contributed by atoms with E-state index in [2.05, 4.69) is 44.8 Å². The van der Waals surface area contributed by atoms with E-state index in [1.165, 1.54) is 0 Å². The zero-order valence-electron chi connectivity index (χ0n) is 11.5. The Bertz CT molecular complexity index is 330. The van der Waals surface area contributed by atoms with E-state index in [4.69, 9.17) is 4.74 Å². The molecule has 5 nitrogen and oxygen atoms in total. The van der Waals surface area contributed by atoms with Crippen molar-refractivity contribution in [2.75, 3.05) is 32.1 Å². The molecule has 0 unspecified atom stereocenters. The van der Waals surface area contributed by atoms with Crippen LogP contribution in [-0.2, 0) is 17.8 Å². The second-order valence-electron chi connectivity index (χ2n) is 4.71. The van der Waals surface area contributed by atoms with Gasteiger partial charge in [-0.1, -0.05) is 29.8 Å². The molecule has 0 aliphatic carbocycles. The Hall–Kier alpha value is -0.460. The molecule has 1 aromatic rings. The first-order valence-electron chi connectivity index (χ1n) is 6.31. The minimum atomic E-state index is 0.578. The molecule has 0 aliphatic rings. The van der Waals surface area contributed by atoms with Crippen LogP contribution in [0.1, 0.15) is 19.7 Å². The van der Waals surface area contributed by atoms with Gasteiger partial charge in [-0.2, -0.15) is 5.10 Å². The van der Waals surface area contributed by atoms with Gasteiger partial charge in [-0.05, 0) is 5.92 Å². The summed E-state index contributed by atoms with van der Waals surface area (Å²) in [6.07, 6.45) is 1.64. The van der Waals surface area contributed by atoms with Crippen LogP contribution >= 0.6 is 15.9 Å². The Kier molecular flexibility index (Phi) is 7.46. The first-order valence-corrected chi connectivity index (χ1v) is 7.43. The topological polar surface area (TPSA) is 43.2 Å². The molecular weight excluding hydrogens is 296 g/mol. The zero-order valence-corrected chi connectivity index (χ0v) is 13.1. The van der Waals surface area contributed by atoms with Crippen molar-refractivity contribution in [2.45, 2.75) is 26.9 Å². The summed E-state index contributed by atoms with van der Waals surface area (Å²) in [6, 6.07) is 0. The van der Waals surface area contributed by atoms with Gasteiger partial charge in [0.05, 0.1) is 13.2 Å². The van der Waals surface area contributed by atoms with E-state index in [9.17, 15) is 0 Å². The van der Waals surface area contributed by atoms with Gasteiger partial charge < -0.3 is 4.74 Å². The van der Waals surface area contributed by atoms with Gasteiger partial charge in [0.1, 0.15) is 12.2 Å². The van der Waals surface area contributed by atoms with Crippen molar-refractivity contribution in [3.63, 3.8) is 0 Å². The number of ether oxygens (including phenoxy) is 1. The van der Waals surface area contributed by atoms with E-state index in [1.807, 2.05) is 4.68 Å². The lowest BCUT2D eigenvalue weighted by Crippen LogP contribution is -2.30. The standard InChI is InChI=1S/C12H23BrN4O/c1-11(2)8-17-12(14-10-15-17)9-16(5-4-13)6-7-18-3/h10-11H,4-9H2,1-3H3. The monoisotopic (exact) mass is 318 g/mol. The quantitative estimate of drug-likeness (QED) is 0.651. The number of alkyl halides is 1. The Morgan fingerprint density at radius 3 is 2.83 bits per heavy atom. The molecule has 1 heterocycles. The summed E-state index contributed by atoms with van der Waals surface area (Å²) in [5.74, 6) is 1.61. The number of hydrogen-bond donors (Lipinski definition) is 0. The summed E-state index contributed by atoms with van der Waals surface area (Å²) in [6.45, 7) is 8.75. The minimum Gasteiger partial charge on any atom is -0.383 e. The van der Waals surface area contributed by atoms with E-state index < -0.39 is 0 Å². The van der Waals surface area contributed by atoms with Crippen LogP contribution in [0.15, 0.2) is 6.33 Å². The summed E-state index contributed by atoms with van der Waals surface area (Å²) in [5, 5.41) is 5.24. The first-order chi connectivity index (χ1) is 8.67. The highest BCUT2D eigenvalue weighted by Gasteiger charge is 2.11. The zero-order chi connectivity index (χ0) is 13.4. The van der Waals surface area contributed by atoms with Crippen molar-refractivity contribution in [2.24, 2.45) is 5.92 Å². The van der Waals surface area contributed by atoms with Gasteiger partial charge >= 0.3 is 0 Å². The second-order valence-corrected chi connectivity index (χ2v) is 5.50.